The van der Waals surface area contributed by atoms with Crippen LogP contribution in [0.2, 0.25) is 0 Å². The lowest BCUT2D eigenvalue weighted by Crippen LogP contribution is -2.53. The van der Waals surface area contributed by atoms with Crippen molar-refractivity contribution in [1.82, 2.24) is 14.9 Å². The summed E-state index contributed by atoms with van der Waals surface area (Å²) in [6.07, 6.45) is 0. The van der Waals surface area contributed by atoms with E-state index in [0.29, 0.717) is 0 Å². The molecule has 0 aromatic carbocycles. The Kier molecular flexibility index (Phi) is 4.71. The third-order valence-corrected chi connectivity index (χ3v) is 4.10. The molecule has 1 saturated heterocycles. The molecule has 118 valence electrons. The summed E-state index contributed by atoms with van der Waals surface area (Å²) >= 11 is 0. The molecule has 5 heteroatoms. The minimum Gasteiger partial charge on any atom is -0.370 e. The van der Waals surface area contributed by atoms with Gasteiger partial charge >= 0.3 is 0 Å². The molecule has 1 aromatic heterocycles. The van der Waals surface area contributed by atoms with Gasteiger partial charge in [0.2, 0.25) is 0 Å². The second kappa shape index (κ2) is 6.18. The van der Waals surface area contributed by atoms with Crippen LogP contribution in [0.15, 0.2) is 0 Å². The van der Waals surface area contributed by atoms with Crippen LogP contribution >= 0.6 is 0 Å². The van der Waals surface area contributed by atoms with Gasteiger partial charge < -0.3 is 10.2 Å². The van der Waals surface area contributed by atoms with Crippen molar-refractivity contribution in [2.75, 3.05) is 42.9 Å². The number of nitrogens with zero attached hydrogens (tertiary/aromatic N) is 4. The van der Waals surface area contributed by atoms with Crippen LogP contribution < -0.4 is 10.2 Å². The highest BCUT2D eigenvalue weighted by atomic mass is 15.3. The number of aromatic nitrogens is 2. The van der Waals surface area contributed by atoms with Crippen LogP contribution in [-0.2, 0) is 0 Å². The van der Waals surface area contributed by atoms with Gasteiger partial charge in [-0.1, -0.05) is 0 Å². The van der Waals surface area contributed by atoms with E-state index < -0.39 is 0 Å². The summed E-state index contributed by atoms with van der Waals surface area (Å²) in [5.41, 5.74) is 1.41. The van der Waals surface area contributed by atoms with Gasteiger partial charge in [-0.15, -0.1) is 0 Å². The minimum atomic E-state index is 0.248. The molecule has 0 unspecified atom stereocenters. The Morgan fingerprint density at radius 2 is 1.67 bits per heavy atom. The molecule has 21 heavy (non-hydrogen) atoms. The highest BCUT2D eigenvalue weighted by Crippen LogP contribution is 2.25. The smallest absolute Gasteiger partial charge is 0.137 e. The van der Waals surface area contributed by atoms with Crippen molar-refractivity contribution in [1.29, 1.82) is 0 Å². The van der Waals surface area contributed by atoms with E-state index in [-0.39, 0.29) is 5.54 Å². The van der Waals surface area contributed by atoms with Gasteiger partial charge in [-0.25, -0.2) is 9.97 Å². The molecule has 0 saturated carbocycles. The molecule has 0 atom stereocenters. The molecular formula is C16H29N5. The van der Waals surface area contributed by atoms with Gasteiger partial charge in [0, 0.05) is 43.8 Å². The number of hydrogen-bond acceptors (Lipinski definition) is 5. The SMILES string of the molecule is CCNc1nc(C)nc(N2CCN(C(C)(C)C)CC2)c1C. The van der Waals surface area contributed by atoms with E-state index in [1.54, 1.807) is 0 Å². The van der Waals surface area contributed by atoms with Gasteiger partial charge in [-0.3, -0.25) is 4.90 Å². The van der Waals surface area contributed by atoms with E-state index >= 15 is 0 Å². The molecule has 5 nitrogen and oxygen atoms in total. The van der Waals surface area contributed by atoms with E-state index in [2.05, 4.69) is 59.7 Å². The normalized spacial score (nSPS) is 17.1. The first-order chi connectivity index (χ1) is 9.82. The fourth-order valence-corrected chi connectivity index (χ4v) is 2.85. The third-order valence-electron chi connectivity index (χ3n) is 4.10. The fourth-order valence-electron chi connectivity index (χ4n) is 2.85. The van der Waals surface area contributed by atoms with Crippen molar-refractivity contribution in [2.45, 2.75) is 47.1 Å². The maximum atomic E-state index is 4.68. The van der Waals surface area contributed by atoms with Crippen LogP contribution in [0.1, 0.15) is 39.1 Å². The van der Waals surface area contributed by atoms with Gasteiger partial charge in [0.1, 0.15) is 17.5 Å². The number of piperazine rings is 1. The molecule has 1 aromatic rings. The Balaban J connectivity index is 2.17. The van der Waals surface area contributed by atoms with Crippen molar-refractivity contribution in [3.63, 3.8) is 0 Å². The maximum Gasteiger partial charge on any atom is 0.137 e. The summed E-state index contributed by atoms with van der Waals surface area (Å²) in [7, 11) is 0. The summed E-state index contributed by atoms with van der Waals surface area (Å²) < 4.78 is 0. The minimum absolute atomic E-state index is 0.248. The Morgan fingerprint density at radius 3 is 2.19 bits per heavy atom. The quantitative estimate of drug-likeness (QED) is 0.926. The van der Waals surface area contributed by atoms with Crippen molar-refractivity contribution in [3.05, 3.63) is 11.4 Å². The van der Waals surface area contributed by atoms with Gasteiger partial charge in [-0.05, 0) is 41.5 Å². The van der Waals surface area contributed by atoms with Gasteiger partial charge in [0.25, 0.3) is 0 Å². The predicted octanol–water partition coefficient (Wildman–Crippen LogP) is 2.45. The Labute approximate surface area is 128 Å². The standard InChI is InChI=1S/C16H29N5/c1-7-17-14-12(2)15(19-13(3)18-14)20-8-10-21(11-9-20)16(4,5)6/h7-11H2,1-6H3,(H,17,18,19). The Bertz CT molecular complexity index is 484. The fraction of sp³-hybridized carbons (Fsp3) is 0.750. The van der Waals surface area contributed by atoms with Crippen LogP contribution in [0.4, 0.5) is 11.6 Å². The van der Waals surface area contributed by atoms with E-state index in [1.165, 1.54) is 0 Å². The first-order valence-corrected chi connectivity index (χ1v) is 7.92. The van der Waals surface area contributed by atoms with Crippen LogP contribution in [-0.4, -0.2) is 53.1 Å². The molecule has 1 aliphatic rings. The third kappa shape index (κ3) is 3.64. The number of aryl methyl sites for hydroxylation is 1. The lowest BCUT2D eigenvalue weighted by atomic mass is 10.0. The Hall–Kier alpha value is -1.36. The number of nitrogens with one attached hydrogen (secondary N) is 1. The molecule has 0 amide bonds. The van der Waals surface area contributed by atoms with Crippen LogP contribution in [0.3, 0.4) is 0 Å². The Morgan fingerprint density at radius 1 is 1.05 bits per heavy atom. The number of hydrogen-bond donors (Lipinski definition) is 1. The second-order valence-electron chi connectivity index (χ2n) is 6.74. The van der Waals surface area contributed by atoms with Crippen molar-refractivity contribution >= 4 is 11.6 Å². The van der Waals surface area contributed by atoms with Gasteiger partial charge in [0.05, 0.1) is 0 Å². The zero-order valence-electron chi connectivity index (χ0n) is 14.3. The summed E-state index contributed by atoms with van der Waals surface area (Å²) in [4.78, 5) is 14.1. The summed E-state index contributed by atoms with van der Waals surface area (Å²) in [5.74, 6) is 2.90. The van der Waals surface area contributed by atoms with Crippen molar-refractivity contribution in [3.8, 4) is 0 Å². The highest BCUT2D eigenvalue weighted by Gasteiger charge is 2.27. The molecule has 0 bridgehead atoms. The van der Waals surface area contributed by atoms with E-state index in [9.17, 15) is 0 Å². The molecule has 1 aliphatic heterocycles. The molecule has 1 N–H and O–H groups in total. The lowest BCUT2D eigenvalue weighted by molar-refractivity contribution is 0.128. The first-order valence-electron chi connectivity index (χ1n) is 7.92. The van der Waals surface area contributed by atoms with Gasteiger partial charge in [-0.2, -0.15) is 0 Å². The van der Waals surface area contributed by atoms with E-state index in [1.807, 2.05) is 6.92 Å². The zero-order chi connectivity index (χ0) is 15.6. The van der Waals surface area contributed by atoms with E-state index in [0.717, 1.165) is 55.7 Å². The van der Waals surface area contributed by atoms with Crippen LogP contribution in [0.25, 0.3) is 0 Å². The molecule has 1 fully saturated rings. The predicted molar refractivity (Wildman–Crippen MR) is 89.2 cm³/mol. The average molecular weight is 291 g/mol. The molecule has 2 rings (SSSR count). The van der Waals surface area contributed by atoms with Crippen LogP contribution in [0, 0.1) is 13.8 Å². The summed E-state index contributed by atoms with van der Waals surface area (Å²) in [5, 5.41) is 3.34. The van der Waals surface area contributed by atoms with Crippen molar-refractivity contribution < 1.29 is 0 Å². The second-order valence-corrected chi connectivity index (χ2v) is 6.74. The summed E-state index contributed by atoms with van der Waals surface area (Å²) in [6, 6.07) is 0. The molecule has 0 radical (unpaired) electrons. The molecular weight excluding hydrogens is 262 g/mol. The largest absolute Gasteiger partial charge is 0.370 e. The summed E-state index contributed by atoms with van der Waals surface area (Å²) in [6.45, 7) is 18.1. The highest BCUT2D eigenvalue weighted by molar-refractivity contribution is 5.58. The maximum absolute atomic E-state index is 4.68. The van der Waals surface area contributed by atoms with Gasteiger partial charge in [0.15, 0.2) is 0 Å². The van der Waals surface area contributed by atoms with E-state index in [4.69, 9.17) is 0 Å². The number of anilines is 2. The monoisotopic (exact) mass is 291 g/mol. The number of rotatable bonds is 3. The molecule has 0 aliphatic carbocycles. The molecule has 2 heterocycles. The average Bonchev–Trinajstić information content (AvgIpc) is 2.42. The first kappa shape index (κ1) is 16.0. The zero-order valence-corrected chi connectivity index (χ0v) is 14.3. The lowest BCUT2D eigenvalue weighted by Gasteiger charge is -2.43. The van der Waals surface area contributed by atoms with Crippen LogP contribution in [0.5, 0.6) is 0 Å². The van der Waals surface area contributed by atoms with Crippen molar-refractivity contribution in [2.24, 2.45) is 0 Å². The topological polar surface area (TPSA) is 44.3 Å². The molecule has 0 spiro atoms.